The zero-order valence-corrected chi connectivity index (χ0v) is 7.70. The zero-order chi connectivity index (χ0) is 6.85. The standard InChI is InChI=1S/C6H13FP2/c7-5-3-4(8)1-2-6(5)9/h4-6H,1-3,8-9H2. The van der Waals surface area contributed by atoms with Gasteiger partial charge in [-0.05, 0) is 24.9 Å². The van der Waals surface area contributed by atoms with Crippen molar-refractivity contribution in [2.45, 2.75) is 36.8 Å². The summed E-state index contributed by atoms with van der Waals surface area (Å²) in [5, 5.41) is 0. The third kappa shape index (κ3) is 2.13. The van der Waals surface area contributed by atoms with Crippen LogP contribution >= 0.6 is 18.5 Å². The summed E-state index contributed by atoms with van der Waals surface area (Å²) < 4.78 is 12.8. The van der Waals surface area contributed by atoms with E-state index in [9.17, 15) is 4.39 Å². The van der Waals surface area contributed by atoms with Crippen molar-refractivity contribution >= 4 is 18.5 Å². The molecule has 0 radical (unpaired) electrons. The molecule has 5 atom stereocenters. The number of hydrogen-bond donors (Lipinski definition) is 0. The number of halogens is 1. The largest absolute Gasteiger partial charge is 0.247 e. The van der Waals surface area contributed by atoms with Crippen LogP contribution in [-0.4, -0.2) is 17.5 Å². The van der Waals surface area contributed by atoms with Gasteiger partial charge in [0.05, 0.1) is 0 Å². The Hall–Kier alpha value is 0.790. The maximum Gasteiger partial charge on any atom is 0.107 e. The Morgan fingerprint density at radius 1 is 1.22 bits per heavy atom. The Balaban J connectivity index is 2.35. The van der Waals surface area contributed by atoms with Crippen LogP contribution in [-0.2, 0) is 0 Å². The third-order valence-electron chi connectivity index (χ3n) is 1.86. The van der Waals surface area contributed by atoms with Gasteiger partial charge in [0, 0.05) is 5.66 Å². The molecule has 0 aromatic heterocycles. The number of alkyl halides is 1. The van der Waals surface area contributed by atoms with Crippen molar-refractivity contribution in [3.05, 3.63) is 0 Å². The summed E-state index contributed by atoms with van der Waals surface area (Å²) in [7, 11) is 5.27. The Bertz CT molecular complexity index is 97.1. The van der Waals surface area contributed by atoms with Gasteiger partial charge in [-0.1, -0.05) is 0 Å². The second-order valence-electron chi connectivity index (χ2n) is 2.75. The molecule has 9 heavy (non-hydrogen) atoms. The highest BCUT2D eigenvalue weighted by Gasteiger charge is 2.24. The van der Waals surface area contributed by atoms with Crippen molar-refractivity contribution in [2.24, 2.45) is 0 Å². The van der Waals surface area contributed by atoms with E-state index in [1.54, 1.807) is 0 Å². The first kappa shape index (κ1) is 7.89. The van der Waals surface area contributed by atoms with Crippen LogP contribution in [0.2, 0.25) is 0 Å². The van der Waals surface area contributed by atoms with Gasteiger partial charge < -0.3 is 0 Å². The molecule has 0 spiro atoms. The van der Waals surface area contributed by atoms with Crippen molar-refractivity contribution in [3.63, 3.8) is 0 Å². The fourth-order valence-corrected chi connectivity index (χ4v) is 1.97. The fourth-order valence-electron chi connectivity index (χ4n) is 1.17. The lowest BCUT2D eigenvalue weighted by molar-refractivity contribution is 0.264. The molecule has 0 amide bonds. The van der Waals surface area contributed by atoms with Crippen LogP contribution in [0.4, 0.5) is 4.39 Å². The molecule has 0 saturated heterocycles. The highest BCUT2D eigenvalue weighted by molar-refractivity contribution is 7.18. The smallest absolute Gasteiger partial charge is 0.107 e. The van der Waals surface area contributed by atoms with Crippen LogP contribution in [0.15, 0.2) is 0 Å². The lowest BCUT2D eigenvalue weighted by Gasteiger charge is -2.26. The predicted molar refractivity (Wildman–Crippen MR) is 45.7 cm³/mol. The minimum absolute atomic E-state index is 0.224. The molecule has 54 valence electrons. The molecule has 0 heterocycles. The molecule has 0 bridgehead atoms. The van der Waals surface area contributed by atoms with Crippen LogP contribution in [0.1, 0.15) is 19.3 Å². The van der Waals surface area contributed by atoms with E-state index in [1.165, 1.54) is 6.42 Å². The van der Waals surface area contributed by atoms with Crippen molar-refractivity contribution in [1.29, 1.82) is 0 Å². The van der Waals surface area contributed by atoms with E-state index >= 15 is 0 Å². The summed E-state index contributed by atoms with van der Waals surface area (Å²) >= 11 is 0. The van der Waals surface area contributed by atoms with Crippen LogP contribution in [0, 0.1) is 0 Å². The summed E-state index contributed by atoms with van der Waals surface area (Å²) in [6.07, 6.45) is 2.35. The van der Waals surface area contributed by atoms with Crippen LogP contribution in [0.5, 0.6) is 0 Å². The second kappa shape index (κ2) is 3.26. The number of hydrogen-bond acceptors (Lipinski definition) is 0. The van der Waals surface area contributed by atoms with E-state index in [0.29, 0.717) is 5.66 Å². The van der Waals surface area contributed by atoms with Crippen molar-refractivity contribution in [3.8, 4) is 0 Å². The average Bonchev–Trinajstić information content (AvgIpc) is 1.80. The Kier molecular flexibility index (Phi) is 2.86. The van der Waals surface area contributed by atoms with Gasteiger partial charge in [-0.3, -0.25) is 0 Å². The summed E-state index contributed by atoms with van der Waals surface area (Å²) in [6.45, 7) is 0. The molecule has 3 heteroatoms. The second-order valence-corrected chi connectivity index (χ2v) is 4.55. The normalized spacial score (nSPS) is 45.0. The number of rotatable bonds is 0. The maximum atomic E-state index is 12.8. The minimum atomic E-state index is -0.578. The molecule has 1 rings (SSSR count). The van der Waals surface area contributed by atoms with Gasteiger partial charge in [-0.2, -0.15) is 0 Å². The highest BCUT2D eigenvalue weighted by Crippen LogP contribution is 2.30. The topological polar surface area (TPSA) is 0 Å². The Labute approximate surface area is 60.4 Å². The maximum absolute atomic E-state index is 12.8. The van der Waals surface area contributed by atoms with E-state index in [1.807, 2.05) is 0 Å². The van der Waals surface area contributed by atoms with Crippen LogP contribution < -0.4 is 0 Å². The lowest BCUT2D eigenvalue weighted by Crippen LogP contribution is -2.26. The molecular formula is C6H13FP2. The summed E-state index contributed by atoms with van der Waals surface area (Å²) in [4.78, 5) is 0. The lowest BCUT2D eigenvalue weighted by atomic mass is 9.98. The van der Waals surface area contributed by atoms with E-state index in [2.05, 4.69) is 18.5 Å². The molecule has 1 aliphatic carbocycles. The molecule has 0 aromatic carbocycles. The van der Waals surface area contributed by atoms with E-state index in [0.717, 1.165) is 12.8 Å². The molecule has 0 nitrogen and oxygen atoms in total. The first-order chi connectivity index (χ1) is 4.20. The van der Waals surface area contributed by atoms with Crippen LogP contribution in [0.3, 0.4) is 0 Å². The molecule has 0 aromatic rings. The van der Waals surface area contributed by atoms with Gasteiger partial charge in [0.15, 0.2) is 0 Å². The predicted octanol–water partition coefficient (Wildman–Crippen LogP) is 2.00. The highest BCUT2D eigenvalue weighted by atomic mass is 31.0. The summed E-state index contributed by atoms with van der Waals surface area (Å²) in [6, 6.07) is 0. The first-order valence-electron chi connectivity index (χ1n) is 3.35. The molecule has 0 N–H and O–H groups in total. The van der Waals surface area contributed by atoms with Gasteiger partial charge in [0.1, 0.15) is 6.17 Å². The first-order valence-corrected chi connectivity index (χ1v) is 4.68. The summed E-state index contributed by atoms with van der Waals surface area (Å²) in [5.41, 5.74) is 0.749. The van der Waals surface area contributed by atoms with E-state index < -0.39 is 6.17 Å². The van der Waals surface area contributed by atoms with Gasteiger partial charge in [0.2, 0.25) is 0 Å². The molecule has 1 saturated carbocycles. The Morgan fingerprint density at radius 2 is 1.89 bits per heavy atom. The fraction of sp³-hybridized carbons (Fsp3) is 1.00. The molecule has 1 aliphatic rings. The van der Waals surface area contributed by atoms with Crippen molar-refractivity contribution in [2.75, 3.05) is 0 Å². The SMILES string of the molecule is FC1CC(P)CCC1P. The third-order valence-corrected chi connectivity index (χ3v) is 3.22. The monoisotopic (exact) mass is 166 g/mol. The minimum Gasteiger partial charge on any atom is -0.247 e. The zero-order valence-electron chi connectivity index (χ0n) is 5.39. The molecule has 5 unspecified atom stereocenters. The van der Waals surface area contributed by atoms with Crippen LogP contribution in [0.25, 0.3) is 0 Å². The molecule has 1 fully saturated rings. The van der Waals surface area contributed by atoms with Gasteiger partial charge in [-0.25, -0.2) is 4.39 Å². The van der Waals surface area contributed by atoms with E-state index in [4.69, 9.17) is 0 Å². The molecular weight excluding hydrogens is 153 g/mol. The van der Waals surface area contributed by atoms with Gasteiger partial charge in [0.25, 0.3) is 0 Å². The van der Waals surface area contributed by atoms with E-state index in [-0.39, 0.29) is 5.66 Å². The van der Waals surface area contributed by atoms with Crippen molar-refractivity contribution in [1.82, 2.24) is 0 Å². The average molecular weight is 166 g/mol. The van der Waals surface area contributed by atoms with Crippen molar-refractivity contribution < 1.29 is 4.39 Å². The van der Waals surface area contributed by atoms with Gasteiger partial charge >= 0.3 is 0 Å². The molecule has 0 aliphatic heterocycles. The summed E-state index contributed by atoms with van der Waals surface area (Å²) in [5.74, 6) is 0. The van der Waals surface area contributed by atoms with Gasteiger partial charge in [-0.15, -0.1) is 18.5 Å². The Morgan fingerprint density at radius 3 is 2.33 bits per heavy atom. The quantitative estimate of drug-likeness (QED) is 0.483.